The first-order valence-corrected chi connectivity index (χ1v) is 3.68. The van der Waals surface area contributed by atoms with Gasteiger partial charge in [-0.15, -0.1) is 5.10 Å². The van der Waals surface area contributed by atoms with Crippen LogP contribution in [0, 0.1) is 0 Å². The zero-order valence-corrected chi connectivity index (χ0v) is 6.43. The number of rotatable bonds is 2. The van der Waals surface area contributed by atoms with Crippen molar-refractivity contribution in [2.24, 2.45) is 5.73 Å². The lowest BCUT2D eigenvalue weighted by molar-refractivity contribution is 0.206. The zero-order chi connectivity index (χ0) is 7.61. The highest BCUT2D eigenvalue weighted by Gasteiger charge is 2.22. The Morgan fingerprint density at radius 1 is 1.90 bits per heavy atom. The SMILES string of the molecule is CC(N)(CO)c1csnn1. The quantitative estimate of drug-likeness (QED) is 0.621. The van der Waals surface area contributed by atoms with E-state index in [4.69, 9.17) is 10.8 Å². The van der Waals surface area contributed by atoms with E-state index in [1.807, 2.05) is 0 Å². The molecular weight excluding hydrogens is 150 g/mol. The number of aliphatic hydroxyl groups excluding tert-OH is 1. The summed E-state index contributed by atoms with van der Waals surface area (Å²) in [7, 11) is 0. The van der Waals surface area contributed by atoms with Gasteiger partial charge in [0.05, 0.1) is 17.8 Å². The first kappa shape index (κ1) is 7.59. The Bertz CT molecular complexity index is 197. The average molecular weight is 159 g/mol. The molecule has 5 heteroatoms. The molecule has 0 amide bonds. The summed E-state index contributed by atoms with van der Waals surface area (Å²) in [6.45, 7) is 1.60. The van der Waals surface area contributed by atoms with Gasteiger partial charge in [0, 0.05) is 5.38 Å². The van der Waals surface area contributed by atoms with E-state index in [0.717, 1.165) is 0 Å². The molecular formula is C5H9N3OS. The number of nitrogens with zero attached hydrogens (tertiary/aromatic N) is 2. The van der Waals surface area contributed by atoms with E-state index in [9.17, 15) is 0 Å². The number of hydrogen-bond donors (Lipinski definition) is 2. The summed E-state index contributed by atoms with van der Waals surface area (Å²) in [5.41, 5.74) is 5.53. The van der Waals surface area contributed by atoms with Crippen LogP contribution in [0.3, 0.4) is 0 Å². The van der Waals surface area contributed by atoms with Crippen LogP contribution in [0.15, 0.2) is 5.38 Å². The van der Waals surface area contributed by atoms with Gasteiger partial charge >= 0.3 is 0 Å². The smallest absolute Gasteiger partial charge is 0.0974 e. The maximum absolute atomic E-state index is 8.78. The molecule has 1 atom stereocenters. The standard InChI is InChI=1S/C5H9N3OS/c1-5(6,3-9)4-2-10-8-7-4/h2,9H,3,6H2,1H3. The van der Waals surface area contributed by atoms with Crippen LogP contribution in [-0.2, 0) is 5.54 Å². The van der Waals surface area contributed by atoms with Gasteiger partial charge < -0.3 is 10.8 Å². The largest absolute Gasteiger partial charge is 0.394 e. The van der Waals surface area contributed by atoms with Crippen LogP contribution < -0.4 is 5.73 Å². The summed E-state index contributed by atoms with van der Waals surface area (Å²) in [5.74, 6) is 0. The van der Waals surface area contributed by atoms with Gasteiger partial charge in [0.15, 0.2) is 0 Å². The van der Waals surface area contributed by atoms with E-state index in [1.165, 1.54) is 11.5 Å². The molecule has 0 saturated heterocycles. The minimum absolute atomic E-state index is 0.113. The fourth-order valence-electron chi connectivity index (χ4n) is 0.494. The maximum Gasteiger partial charge on any atom is 0.0974 e. The predicted octanol–water partition coefficient (Wildman–Crippen LogP) is -0.296. The molecule has 0 aromatic carbocycles. The lowest BCUT2D eigenvalue weighted by Gasteiger charge is -2.17. The molecule has 3 N–H and O–H groups in total. The van der Waals surface area contributed by atoms with Crippen molar-refractivity contribution in [3.05, 3.63) is 11.1 Å². The Kier molecular flexibility index (Phi) is 1.98. The minimum Gasteiger partial charge on any atom is -0.394 e. The third-order valence-corrected chi connectivity index (χ3v) is 1.78. The Morgan fingerprint density at radius 3 is 3.00 bits per heavy atom. The second-order valence-electron chi connectivity index (χ2n) is 2.37. The van der Waals surface area contributed by atoms with Gasteiger partial charge in [-0.3, -0.25) is 0 Å². The zero-order valence-electron chi connectivity index (χ0n) is 5.61. The lowest BCUT2D eigenvalue weighted by Crippen LogP contribution is -2.37. The highest BCUT2D eigenvalue weighted by molar-refractivity contribution is 7.03. The monoisotopic (exact) mass is 159 g/mol. The summed E-state index contributed by atoms with van der Waals surface area (Å²) >= 11 is 1.23. The third-order valence-electron chi connectivity index (χ3n) is 1.27. The van der Waals surface area contributed by atoms with Crippen LogP contribution in [0.2, 0.25) is 0 Å². The lowest BCUT2D eigenvalue weighted by atomic mass is 10.0. The molecule has 1 aromatic rings. The summed E-state index contributed by atoms with van der Waals surface area (Å²) in [6, 6.07) is 0. The van der Waals surface area contributed by atoms with Crippen LogP contribution in [0.4, 0.5) is 0 Å². The van der Waals surface area contributed by atoms with E-state index in [2.05, 4.69) is 9.59 Å². The molecule has 0 fully saturated rings. The maximum atomic E-state index is 8.78. The molecule has 0 aliphatic rings. The Hall–Kier alpha value is -0.520. The highest BCUT2D eigenvalue weighted by Crippen LogP contribution is 2.14. The molecule has 0 saturated carbocycles. The van der Waals surface area contributed by atoms with Gasteiger partial charge in [-0.1, -0.05) is 4.49 Å². The molecule has 1 aromatic heterocycles. The van der Waals surface area contributed by atoms with Gasteiger partial charge in [0.25, 0.3) is 0 Å². The van der Waals surface area contributed by atoms with Crippen LogP contribution in [0.25, 0.3) is 0 Å². The first-order valence-electron chi connectivity index (χ1n) is 2.84. The van der Waals surface area contributed by atoms with Crippen LogP contribution in [0.5, 0.6) is 0 Å². The molecule has 1 unspecified atom stereocenters. The van der Waals surface area contributed by atoms with E-state index < -0.39 is 5.54 Å². The van der Waals surface area contributed by atoms with Crippen molar-refractivity contribution in [1.29, 1.82) is 0 Å². The Balaban J connectivity index is 2.85. The molecule has 10 heavy (non-hydrogen) atoms. The molecule has 4 nitrogen and oxygen atoms in total. The van der Waals surface area contributed by atoms with Gasteiger partial charge in [0.1, 0.15) is 0 Å². The van der Waals surface area contributed by atoms with Gasteiger partial charge in [0.2, 0.25) is 0 Å². The van der Waals surface area contributed by atoms with E-state index in [1.54, 1.807) is 12.3 Å². The molecule has 0 aliphatic carbocycles. The molecule has 0 aliphatic heterocycles. The number of aromatic nitrogens is 2. The number of hydrogen-bond acceptors (Lipinski definition) is 5. The Morgan fingerprint density at radius 2 is 2.60 bits per heavy atom. The Labute approximate surface area is 62.8 Å². The van der Waals surface area contributed by atoms with Crippen molar-refractivity contribution in [1.82, 2.24) is 9.59 Å². The summed E-state index contributed by atoms with van der Waals surface area (Å²) in [6.07, 6.45) is 0. The molecule has 0 spiro atoms. The summed E-state index contributed by atoms with van der Waals surface area (Å²) in [4.78, 5) is 0. The van der Waals surface area contributed by atoms with Crippen molar-refractivity contribution < 1.29 is 5.11 Å². The minimum atomic E-state index is -0.743. The van der Waals surface area contributed by atoms with Crippen molar-refractivity contribution in [3.63, 3.8) is 0 Å². The topological polar surface area (TPSA) is 72.0 Å². The molecule has 56 valence electrons. The number of nitrogens with two attached hydrogens (primary N) is 1. The molecule has 0 radical (unpaired) electrons. The summed E-state index contributed by atoms with van der Waals surface area (Å²) < 4.78 is 3.64. The van der Waals surface area contributed by atoms with Gasteiger partial charge in [-0.05, 0) is 18.5 Å². The average Bonchev–Trinajstić information content (AvgIpc) is 2.38. The highest BCUT2D eigenvalue weighted by atomic mass is 32.1. The fourth-order valence-corrected chi connectivity index (χ4v) is 1.09. The van der Waals surface area contributed by atoms with E-state index >= 15 is 0 Å². The van der Waals surface area contributed by atoms with E-state index in [-0.39, 0.29) is 6.61 Å². The predicted molar refractivity (Wildman–Crippen MR) is 38.5 cm³/mol. The molecule has 1 rings (SSSR count). The fraction of sp³-hybridized carbons (Fsp3) is 0.600. The van der Waals surface area contributed by atoms with Crippen LogP contribution in [-0.4, -0.2) is 21.3 Å². The van der Waals surface area contributed by atoms with Crippen molar-refractivity contribution in [3.8, 4) is 0 Å². The van der Waals surface area contributed by atoms with Gasteiger partial charge in [-0.2, -0.15) is 0 Å². The van der Waals surface area contributed by atoms with Crippen LogP contribution in [0.1, 0.15) is 12.6 Å². The van der Waals surface area contributed by atoms with Crippen molar-refractivity contribution >= 4 is 11.5 Å². The molecule has 0 bridgehead atoms. The van der Waals surface area contributed by atoms with E-state index in [0.29, 0.717) is 5.69 Å². The normalized spacial score (nSPS) is 16.7. The second-order valence-corrected chi connectivity index (χ2v) is 2.98. The van der Waals surface area contributed by atoms with Crippen molar-refractivity contribution in [2.45, 2.75) is 12.5 Å². The van der Waals surface area contributed by atoms with Crippen molar-refractivity contribution in [2.75, 3.05) is 6.61 Å². The van der Waals surface area contributed by atoms with Crippen LogP contribution >= 0.6 is 11.5 Å². The second kappa shape index (κ2) is 2.61. The summed E-state index contributed by atoms with van der Waals surface area (Å²) in [5, 5.41) is 14.3. The first-order chi connectivity index (χ1) is 4.67. The number of aliphatic hydroxyl groups is 1. The molecule has 1 heterocycles. The van der Waals surface area contributed by atoms with Gasteiger partial charge in [-0.25, -0.2) is 0 Å². The third kappa shape index (κ3) is 1.31.